The van der Waals surface area contributed by atoms with Gasteiger partial charge in [-0.05, 0) is 42.0 Å². The average Bonchev–Trinajstić information content (AvgIpc) is 3.31. The first-order valence-corrected chi connectivity index (χ1v) is 8.52. The summed E-state index contributed by atoms with van der Waals surface area (Å²) in [6, 6.07) is 13.7. The number of carbonyl (C=O) groups is 2. The molecule has 2 atom stereocenters. The van der Waals surface area contributed by atoms with Crippen LogP contribution in [0.5, 0.6) is 0 Å². The SMILES string of the molecule is COC(=O)c1cc(NC(=O)C2C[C@H]2c2ccccc2)cc2c1CCN2. The molecule has 0 saturated heterocycles. The van der Waals surface area contributed by atoms with Gasteiger partial charge in [0, 0.05) is 23.8 Å². The van der Waals surface area contributed by atoms with Crippen molar-refractivity contribution in [3.05, 3.63) is 59.2 Å². The van der Waals surface area contributed by atoms with Gasteiger partial charge < -0.3 is 15.4 Å². The second-order valence-corrected chi connectivity index (χ2v) is 6.57. The van der Waals surface area contributed by atoms with Gasteiger partial charge in [-0.3, -0.25) is 4.79 Å². The number of anilines is 2. The number of nitrogens with one attached hydrogen (secondary N) is 2. The van der Waals surface area contributed by atoms with E-state index in [4.69, 9.17) is 4.74 Å². The van der Waals surface area contributed by atoms with E-state index >= 15 is 0 Å². The highest BCUT2D eigenvalue weighted by Gasteiger charge is 2.43. The molecule has 25 heavy (non-hydrogen) atoms. The normalized spacial score (nSPS) is 20.4. The fourth-order valence-electron chi connectivity index (χ4n) is 3.57. The van der Waals surface area contributed by atoms with Crippen molar-refractivity contribution in [2.45, 2.75) is 18.8 Å². The molecule has 1 unspecified atom stereocenters. The Kier molecular flexibility index (Phi) is 3.92. The van der Waals surface area contributed by atoms with Crippen molar-refractivity contribution in [3.63, 3.8) is 0 Å². The molecule has 2 aliphatic rings. The van der Waals surface area contributed by atoms with E-state index in [-0.39, 0.29) is 23.7 Å². The molecule has 0 aromatic heterocycles. The zero-order valence-corrected chi connectivity index (χ0v) is 14.0. The second-order valence-electron chi connectivity index (χ2n) is 6.57. The fraction of sp³-hybridized carbons (Fsp3) is 0.300. The Morgan fingerprint density at radius 2 is 2.00 bits per heavy atom. The van der Waals surface area contributed by atoms with Crippen LogP contribution >= 0.6 is 0 Å². The summed E-state index contributed by atoms with van der Waals surface area (Å²) in [6.45, 7) is 0.787. The Balaban J connectivity index is 1.52. The number of rotatable bonds is 4. The number of hydrogen-bond acceptors (Lipinski definition) is 4. The van der Waals surface area contributed by atoms with E-state index in [0.29, 0.717) is 11.3 Å². The van der Waals surface area contributed by atoms with E-state index < -0.39 is 0 Å². The molecule has 1 heterocycles. The standard InChI is InChI=1S/C20H20N2O3/c1-25-20(24)17-9-13(10-18-14(17)7-8-21-18)22-19(23)16-11-15(16)12-5-3-2-4-6-12/h2-6,9-10,15-16,21H,7-8,11H2,1H3,(H,22,23)/t15-,16?/m0/s1. The van der Waals surface area contributed by atoms with Crippen LogP contribution in [0.2, 0.25) is 0 Å². The van der Waals surface area contributed by atoms with E-state index in [1.807, 2.05) is 24.3 Å². The summed E-state index contributed by atoms with van der Waals surface area (Å²) in [5.41, 5.74) is 4.22. The summed E-state index contributed by atoms with van der Waals surface area (Å²) in [5.74, 6) is -0.0914. The summed E-state index contributed by atoms with van der Waals surface area (Å²) < 4.78 is 4.88. The molecule has 1 aliphatic carbocycles. The van der Waals surface area contributed by atoms with Crippen LogP contribution in [0.3, 0.4) is 0 Å². The van der Waals surface area contributed by atoms with Gasteiger partial charge in [0.15, 0.2) is 0 Å². The zero-order chi connectivity index (χ0) is 17.4. The van der Waals surface area contributed by atoms with Gasteiger partial charge in [-0.2, -0.15) is 0 Å². The molecule has 2 N–H and O–H groups in total. The summed E-state index contributed by atoms with van der Waals surface area (Å²) in [6.07, 6.45) is 1.65. The molecular formula is C20H20N2O3. The molecule has 1 fully saturated rings. The minimum Gasteiger partial charge on any atom is -0.465 e. The third-order valence-corrected chi connectivity index (χ3v) is 4.97. The minimum absolute atomic E-state index is 0.00242. The van der Waals surface area contributed by atoms with E-state index in [9.17, 15) is 9.59 Å². The van der Waals surface area contributed by atoms with Gasteiger partial charge in [0.05, 0.1) is 12.7 Å². The van der Waals surface area contributed by atoms with E-state index in [1.165, 1.54) is 12.7 Å². The van der Waals surface area contributed by atoms with Gasteiger partial charge in [0.25, 0.3) is 0 Å². The third-order valence-electron chi connectivity index (χ3n) is 4.97. The first-order valence-electron chi connectivity index (χ1n) is 8.52. The predicted molar refractivity (Wildman–Crippen MR) is 95.9 cm³/mol. The number of hydrogen-bond donors (Lipinski definition) is 2. The van der Waals surface area contributed by atoms with E-state index in [2.05, 4.69) is 22.8 Å². The minimum atomic E-state index is -0.371. The molecule has 5 nitrogen and oxygen atoms in total. The van der Waals surface area contributed by atoms with Crippen molar-refractivity contribution in [1.82, 2.24) is 0 Å². The maximum Gasteiger partial charge on any atom is 0.338 e. The molecule has 5 heteroatoms. The molecule has 2 aromatic carbocycles. The van der Waals surface area contributed by atoms with Crippen LogP contribution < -0.4 is 10.6 Å². The highest BCUT2D eigenvalue weighted by Crippen LogP contribution is 2.48. The quantitative estimate of drug-likeness (QED) is 0.842. The van der Waals surface area contributed by atoms with Gasteiger partial charge in [-0.1, -0.05) is 30.3 Å². The van der Waals surface area contributed by atoms with Crippen LogP contribution in [-0.4, -0.2) is 25.5 Å². The molecular weight excluding hydrogens is 316 g/mol. The van der Waals surface area contributed by atoms with Crippen molar-refractivity contribution >= 4 is 23.3 Å². The van der Waals surface area contributed by atoms with Crippen molar-refractivity contribution in [2.75, 3.05) is 24.3 Å². The van der Waals surface area contributed by atoms with Crippen LogP contribution in [0.15, 0.2) is 42.5 Å². The molecule has 1 aliphatic heterocycles. The van der Waals surface area contributed by atoms with Crippen LogP contribution in [0.1, 0.15) is 33.8 Å². The van der Waals surface area contributed by atoms with Crippen LogP contribution in [0.4, 0.5) is 11.4 Å². The number of benzene rings is 2. The predicted octanol–water partition coefficient (Wildman–Crippen LogP) is 3.18. The number of ether oxygens (including phenoxy) is 1. The van der Waals surface area contributed by atoms with Crippen LogP contribution in [0.25, 0.3) is 0 Å². The van der Waals surface area contributed by atoms with Gasteiger partial charge in [0.2, 0.25) is 5.91 Å². The maximum atomic E-state index is 12.6. The fourth-order valence-corrected chi connectivity index (χ4v) is 3.57. The maximum absolute atomic E-state index is 12.6. The highest BCUT2D eigenvalue weighted by atomic mass is 16.5. The van der Waals surface area contributed by atoms with Crippen LogP contribution in [0, 0.1) is 5.92 Å². The molecule has 1 saturated carbocycles. The van der Waals surface area contributed by atoms with Crippen molar-refractivity contribution in [2.24, 2.45) is 5.92 Å². The second kappa shape index (κ2) is 6.24. The molecule has 2 aromatic rings. The number of fused-ring (bicyclic) bond motifs is 1. The molecule has 0 spiro atoms. The summed E-state index contributed by atoms with van der Waals surface area (Å²) in [7, 11) is 1.37. The smallest absolute Gasteiger partial charge is 0.338 e. The monoisotopic (exact) mass is 336 g/mol. The number of carbonyl (C=O) groups excluding carboxylic acids is 2. The molecule has 0 bridgehead atoms. The lowest BCUT2D eigenvalue weighted by atomic mass is 10.0. The molecule has 4 rings (SSSR count). The Morgan fingerprint density at radius 3 is 2.76 bits per heavy atom. The van der Waals surface area contributed by atoms with E-state index in [1.54, 1.807) is 6.07 Å². The first-order chi connectivity index (χ1) is 12.2. The van der Waals surface area contributed by atoms with E-state index in [0.717, 1.165) is 30.6 Å². The van der Waals surface area contributed by atoms with Crippen LogP contribution in [-0.2, 0) is 16.0 Å². The summed E-state index contributed by atoms with van der Waals surface area (Å²) in [4.78, 5) is 24.6. The van der Waals surface area contributed by atoms with Crippen molar-refractivity contribution in [3.8, 4) is 0 Å². The van der Waals surface area contributed by atoms with Crippen molar-refractivity contribution < 1.29 is 14.3 Å². The number of amides is 1. The van der Waals surface area contributed by atoms with Gasteiger partial charge in [-0.25, -0.2) is 4.79 Å². The lowest BCUT2D eigenvalue weighted by molar-refractivity contribution is -0.117. The zero-order valence-electron chi connectivity index (χ0n) is 14.0. The third kappa shape index (κ3) is 2.97. The molecule has 1 amide bonds. The topological polar surface area (TPSA) is 67.4 Å². The Hall–Kier alpha value is -2.82. The first kappa shape index (κ1) is 15.7. The molecule has 0 radical (unpaired) electrons. The largest absolute Gasteiger partial charge is 0.465 e. The summed E-state index contributed by atoms with van der Waals surface area (Å²) in [5, 5.41) is 6.22. The Bertz CT molecular complexity index is 832. The number of esters is 1. The highest BCUT2D eigenvalue weighted by molar-refractivity contribution is 5.99. The Labute approximate surface area is 146 Å². The van der Waals surface area contributed by atoms with Crippen molar-refractivity contribution in [1.29, 1.82) is 0 Å². The lowest BCUT2D eigenvalue weighted by Gasteiger charge is -2.11. The Morgan fingerprint density at radius 1 is 1.20 bits per heavy atom. The van der Waals surface area contributed by atoms with Gasteiger partial charge in [0.1, 0.15) is 0 Å². The number of methoxy groups -OCH3 is 1. The lowest BCUT2D eigenvalue weighted by Crippen LogP contribution is -2.15. The molecule has 128 valence electrons. The van der Waals surface area contributed by atoms with Gasteiger partial charge in [-0.15, -0.1) is 0 Å². The summed E-state index contributed by atoms with van der Waals surface area (Å²) >= 11 is 0. The average molecular weight is 336 g/mol. The van der Waals surface area contributed by atoms with Gasteiger partial charge >= 0.3 is 5.97 Å².